The third-order valence-corrected chi connectivity index (χ3v) is 7.81. The van der Waals surface area contributed by atoms with Gasteiger partial charge in [0.1, 0.15) is 11.6 Å². The zero-order valence-corrected chi connectivity index (χ0v) is 22.8. The van der Waals surface area contributed by atoms with Gasteiger partial charge < -0.3 is 25.3 Å². The number of hydrogen-bond donors (Lipinski definition) is 4. The number of rotatable bonds is 14. The highest BCUT2D eigenvalue weighted by atomic mass is 16.3. The van der Waals surface area contributed by atoms with Crippen molar-refractivity contribution < 1.29 is 9.90 Å². The Morgan fingerprint density at radius 1 is 1.00 bits per heavy atom. The fraction of sp³-hybridized carbons (Fsp3) is 0.552. The largest absolute Gasteiger partial charge is 0.395 e. The minimum Gasteiger partial charge on any atom is -0.395 e. The third kappa shape index (κ3) is 7.52. The first-order valence-electron chi connectivity index (χ1n) is 14.1. The lowest BCUT2D eigenvalue weighted by Gasteiger charge is -2.41. The summed E-state index contributed by atoms with van der Waals surface area (Å²) in [5, 5.41) is 13.3. The molecule has 0 atom stereocenters. The van der Waals surface area contributed by atoms with Crippen molar-refractivity contribution in [3.05, 3.63) is 71.8 Å². The van der Waals surface area contributed by atoms with E-state index in [0.29, 0.717) is 36.8 Å². The van der Waals surface area contributed by atoms with Gasteiger partial charge >= 0.3 is 0 Å². The van der Waals surface area contributed by atoms with Crippen molar-refractivity contribution >= 4 is 5.91 Å². The Hall–Kier alpha value is -3.01. The topological polar surface area (TPSA) is 113 Å². The molecular formula is C29H43N7O2. The molecule has 0 saturated heterocycles. The SMILES string of the molecule is CCC(CC)N(CCO)[C@H]1CC[C@H](NCc2ccc(C(=O)N(Cc3ncc[nH]3)Cc3ncc[nH]3)cc2)CC1. The van der Waals surface area contributed by atoms with Crippen molar-refractivity contribution in [3.63, 3.8) is 0 Å². The molecular weight excluding hydrogens is 478 g/mol. The highest BCUT2D eigenvalue weighted by Crippen LogP contribution is 2.26. The molecule has 0 spiro atoms. The molecule has 1 fully saturated rings. The molecule has 206 valence electrons. The van der Waals surface area contributed by atoms with E-state index in [-0.39, 0.29) is 12.5 Å². The summed E-state index contributed by atoms with van der Waals surface area (Å²) in [5.74, 6) is 1.42. The molecule has 9 heteroatoms. The van der Waals surface area contributed by atoms with Crippen molar-refractivity contribution in [2.45, 2.75) is 90.1 Å². The number of aliphatic hydroxyl groups is 1. The van der Waals surface area contributed by atoms with Crippen LogP contribution in [-0.2, 0) is 19.6 Å². The fourth-order valence-electron chi connectivity index (χ4n) is 5.69. The van der Waals surface area contributed by atoms with Gasteiger partial charge in [-0.15, -0.1) is 0 Å². The molecule has 1 saturated carbocycles. The maximum absolute atomic E-state index is 13.3. The van der Waals surface area contributed by atoms with E-state index in [2.05, 4.69) is 44.0 Å². The number of hydrogen-bond acceptors (Lipinski definition) is 6. The van der Waals surface area contributed by atoms with Crippen molar-refractivity contribution in [1.82, 2.24) is 35.1 Å². The van der Waals surface area contributed by atoms with E-state index in [0.717, 1.165) is 50.4 Å². The first-order valence-corrected chi connectivity index (χ1v) is 14.1. The quantitative estimate of drug-likeness (QED) is 0.256. The highest BCUT2D eigenvalue weighted by Gasteiger charge is 2.28. The van der Waals surface area contributed by atoms with E-state index in [1.807, 2.05) is 24.3 Å². The van der Waals surface area contributed by atoms with Crippen LogP contribution in [0.4, 0.5) is 0 Å². The van der Waals surface area contributed by atoms with Gasteiger partial charge in [-0.1, -0.05) is 26.0 Å². The Labute approximate surface area is 226 Å². The van der Waals surface area contributed by atoms with Gasteiger partial charge in [-0.25, -0.2) is 9.97 Å². The lowest BCUT2D eigenvalue weighted by atomic mass is 9.88. The molecule has 0 unspecified atom stereocenters. The van der Waals surface area contributed by atoms with Crippen LogP contribution >= 0.6 is 0 Å². The summed E-state index contributed by atoms with van der Waals surface area (Å²) in [6.45, 7) is 7.06. The zero-order valence-electron chi connectivity index (χ0n) is 22.8. The summed E-state index contributed by atoms with van der Waals surface area (Å²) in [4.78, 5) is 32.4. The van der Waals surface area contributed by atoms with Gasteiger partial charge in [-0.2, -0.15) is 0 Å². The van der Waals surface area contributed by atoms with Crippen molar-refractivity contribution in [3.8, 4) is 0 Å². The second kappa shape index (κ2) is 14.2. The van der Waals surface area contributed by atoms with Crippen LogP contribution in [0.5, 0.6) is 0 Å². The van der Waals surface area contributed by atoms with Crippen molar-refractivity contribution in [2.24, 2.45) is 0 Å². The second-order valence-corrected chi connectivity index (χ2v) is 10.2. The van der Waals surface area contributed by atoms with Crippen LogP contribution in [0, 0.1) is 0 Å². The molecule has 0 bridgehead atoms. The van der Waals surface area contributed by atoms with Gasteiger partial charge in [0.25, 0.3) is 5.91 Å². The number of nitrogens with zero attached hydrogens (tertiary/aromatic N) is 4. The number of carbonyl (C=O) groups excluding carboxylic acids is 1. The smallest absolute Gasteiger partial charge is 0.254 e. The summed E-state index contributed by atoms with van der Waals surface area (Å²) in [7, 11) is 0. The van der Waals surface area contributed by atoms with Gasteiger partial charge in [0.2, 0.25) is 0 Å². The number of benzene rings is 1. The van der Waals surface area contributed by atoms with Crippen molar-refractivity contribution in [1.29, 1.82) is 0 Å². The van der Waals surface area contributed by atoms with Crippen LogP contribution in [0.3, 0.4) is 0 Å². The molecule has 9 nitrogen and oxygen atoms in total. The van der Waals surface area contributed by atoms with E-state index in [1.165, 1.54) is 18.4 Å². The minimum absolute atomic E-state index is 0.0551. The van der Waals surface area contributed by atoms with Crippen LogP contribution in [0.25, 0.3) is 0 Å². The van der Waals surface area contributed by atoms with Crippen LogP contribution < -0.4 is 5.32 Å². The first-order chi connectivity index (χ1) is 18.6. The van der Waals surface area contributed by atoms with Crippen LogP contribution in [0.2, 0.25) is 0 Å². The van der Waals surface area contributed by atoms with Crippen LogP contribution in [0.1, 0.15) is 79.9 Å². The molecule has 1 aliphatic carbocycles. The number of carbonyl (C=O) groups is 1. The maximum Gasteiger partial charge on any atom is 0.254 e. The average molecular weight is 522 g/mol. The first kappa shape index (κ1) is 28.0. The molecule has 3 aromatic rings. The molecule has 2 aromatic heterocycles. The normalized spacial score (nSPS) is 17.8. The molecule has 0 radical (unpaired) electrons. The number of aromatic amines is 2. The average Bonchev–Trinajstić information content (AvgIpc) is 3.67. The van der Waals surface area contributed by atoms with E-state index in [9.17, 15) is 9.90 Å². The highest BCUT2D eigenvalue weighted by molar-refractivity contribution is 5.94. The van der Waals surface area contributed by atoms with Gasteiger partial charge in [-0.05, 0) is 56.2 Å². The third-order valence-electron chi connectivity index (χ3n) is 7.81. The van der Waals surface area contributed by atoms with Gasteiger partial charge in [0.15, 0.2) is 0 Å². The molecule has 1 amide bonds. The fourth-order valence-corrected chi connectivity index (χ4v) is 5.69. The molecule has 4 N–H and O–H groups in total. The summed E-state index contributed by atoms with van der Waals surface area (Å²) in [6, 6.07) is 9.54. The number of aliphatic hydroxyl groups excluding tert-OH is 1. The summed E-state index contributed by atoms with van der Waals surface area (Å²) in [5.41, 5.74) is 1.82. The second-order valence-electron chi connectivity index (χ2n) is 10.2. The summed E-state index contributed by atoms with van der Waals surface area (Å²) >= 11 is 0. The van der Waals surface area contributed by atoms with Gasteiger partial charge in [-0.3, -0.25) is 9.69 Å². The van der Waals surface area contributed by atoms with Gasteiger partial charge in [0, 0.05) is 61.6 Å². The number of H-pyrrole nitrogens is 2. The molecule has 0 aliphatic heterocycles. The Balaban J connectivity index is 1.29. The van der Waals surface area contributed by atoms with E-state index < -0.39 is 0 Å². The number of amides is 1. The number of nitrogens with one attached hydrogen (secondary N) is 3. The Kier molecular flexibility index (Phi) is 10.5. The predicted molar refractivity (Wildman–Crippen MR) is 148 cm³/mol. The summed E-state index contributed by atoms with van der Waals surface area (Å²) < 4.78 is 0. The summed E-state index contributed by atoms with van der Waals surface area (Å²) in [6.07, 6.45) is 13.8. The molecule has 1 aliphatic rings. The number of aromatic nitrogens is 4. The standard InChI is InChI=1S/C29H43N7O2/c1-3-25(4-2)36(17-18-37)26-11-9-24(10-12-26)34-19-22-5-7-23(8-6-22)29(38)35(20-27-30-13-14-31-27)21-28-32-15-16-33-28/h5-8,13-16,24-26,34,37H,3-4,9-12,17-21H2,1-2H3,(H,30,31)(H,32,33)/t24-,26-. The Morgan fingerprint density at radius 2 is 1.61 bits per heavy atom. The molecule has 1 aromatic carbocycles. The monoisotopic (exact) mass is 521 g/mol. The van der Waals surface area contributed by atoms with E-state index in [4.69, 9.17) is 0 Å². The predicted octanol–water partition coefficient (Wildman–Crippen LogP) is 3.86. The van der Waals surface area contributed by atoms with Crippen LogP contribution in [0.15, 0.2) is 49.1 Å². The Bertz CT molecular complexity index is 1020. The number of imidazole rings is 2. The molecule has 38 heavy (non-hydrogen) atoms. The van der Waals surface area contributed by atoms with Crippen molar-refractivity contribution in [2.75, 3.05) is 13.2 Å². The molecule has 2 heterocycles. The lowest BCUT2D eigenvalue weighted by Crippen LogP contribution is -2.47. The zero-order chi connectivity index (χ0) is 26.7. The maximum atomic E-state index is 13.3. The Morgan fingerprint density at radius 3 is 2.11 bits per heavy atom. The van der Waals surface area contributed by atoms with E-state index in [1.54, 1.807) is 29.7 Å². The van der Waals surface area contributed by atoms with Crippen LogP contribution in [-0.4, -0.2) is 72.0 Å². The minimum atomic E-state index is -0.0551. The molecule has 4 rings (SSSR count). The van der Waals surface area contributed by atoms with Gasteiger partial charge in [0.05, 0.1) is 19.7 Å². The van der Waals surface area contributed by atoms with E-state index >= 15 is 0 Å². The lowest BCUT2D eigenvalue weighted by molar-refractivity contribution is 0.0702.